The Bertz CT molecular complexity index is 1150. The number of nitrogens with zero attached hydrogens (tertiary/aromatic N) is 5. The van der Waals surface area contributed by atoms with Gasteiger partial charge in [0.05, 0.1) is 23.3 Å². The molecule has 11 heteroatoms. The number of nitrogen functional groups attached to an aromatic ring is 1. The Labute approximate surface area is 177 Å². The van der Waals surface area contributed by atoms with Crippen molar-refractivity contribution >= 4 is 29.6 Å². The molecular formula is C20H21N7O4. The summed E-state index contributed by atoms with van der Waals surface area (Å²) >= 11 is 0. The van der Waals surface area contributed by atoms with E-state index in [1.54, 1.807) is 19.1 Å². The summed E-state index contributed by atoms with van der Waals surface area (Å²) in [5.41, 5.74) is 11.7. The van der Waals surface area contributed by atoms with Gasteiger partial charge >= 0.3 is 11.7 Å². The molecule has 1 aromatic carbocycles. The summed E-state index contributed by atoms with van der Waals surface area (Å²) in [6.07, 6.45) is 2.56. The van der Waals surface area contributed by atoms with E-state index in [2.05, 4.69) is 20.5 Å². The zero-order chi connectivity index (χ0) is 22.5. The van der Waals surface area contributed by atoms with Crippen molar-refractivity contribution < 1.29 is 14.5 Å². The van der Waals surface area contributed by atoms with E-state index in [0.29, 0.717) is 12.2 Å². The predicted octanol–water partition coefficient (Wildman–Crippen LogP) is 3.00. The van der Waals surface area contributed by atoms with Gasteiger partial charge in [-0.2, -0.15) is 10.1 Å². The number of aromatic nitrogens is 3. The smallest absolute Gasteiger partial charge is 0.338 e. The summed E-state index contributed by atoms with van der Waals surface area (Å²) in [6.45, 7) is 5.93. The Hall–Kier alpha value is -4.28. The van der Waals surface area contributed by atoms with Gasteiger partial charge in [-0.1, -0.05) is 0 Å². The molecule has 0 amide bonds. The van der Waals surface area contributed by atoms with Gasteiger partial charge < -0.3 is 15.0 Å². The van der Waals surface area contributed by atoms with Crippen LogP contribution < -0.4 is 11.2 Å². The van der Waals surface area contributed by atoms with Crippen LogP contribution in [0.4, 0.5) is 17.5 Å². The van der Waals surface area contributed by atoms with Crippen LogP contribution in [0.15, 0.2) is 41.6 Å². The van der Waals surface area contributed by atoms with Crippen LogP contribution in [0.2, 0.25) is 0 Å². The van der Waals surface area contributed by atoms with Gasteiger partial charge in [0.15, 0.2) is 0 Å². The number of nitrogens with two attached hydrogens (primary N) is 1. The fourth-order valence-corrected chi connectivity index (χ4v) is 3.04. The highest BCUT2D eigenvalue weighted by atomic mass is 16.6. The molecule has 31 heavy (non-hydrogen) atoms. The topological polar surface area (TPSA) is 151 Å². The predicted molar refractivity (Wildman–Crippen MR) is 116 cm³/mol. The number of benzene rings is 1. The molecule has 0 unspecified atom stereocenters. The van der Waals surface area contributed by atoms with Crippen LogP contribution >= 0.6 is 0 Å². The lowest BCUT2D eigenvalue weighted by atomic mass is 10.2. The zero-order valence-electron chi connectivity index (χ0n) is 17.2. The molecule has 0 fully saturated rings. The van der Waals surface area contributed by atoms with Crippen molar-refractivity contribution in [2.24, 2.45) is 5.10 Å². The summed E-state index contributed by atoms with van der Waals surface area (Å²) in [6, 6.07) is 9.00. The monoisotopic (exact) mass is 423 g/mol. The van der Waals surface area contributed by atoms with E-state index in [9.17, 15) is 14.9 Å². The fourth-order valence-electron chi connectivity index (χ4n) is 3.04. The van der Waals surface area contributed by atoms with Crippen molar-refractivity contribution in [1.82, 2.24) is 14.5 Å². The van der Waals surface area contributed by atoms with Gasteiger partial charge in [-0.15, -0.1) is 0 Å². The summed E-state index contributed by atoms with van der Waals surface area (Å²) in [5, 5.41) is 15.2. The molecule has 0 bridgehead atoms. The lowest BCUT2D eigenvalue weighted by Crippen LogP contribution is -2.05. The normalized spacial score (nSPS) is 10.9. The average molecular weight is 423 g/mol. The number of hydrogen-bond acceptors (Lipinski definition) is 9. The summed E-state index contributed by atoms with van der Waals surface area (Å²) < 4.78 is 7.01. The highest BCUT2D eigenvalue weighted by molar-refractivity contribution is 5.89. The van der Waals surface area contributed by atoms with Crippen molar-refractivity contribution in [2.45, 2.75) is 20.8 Å². The van der Waals surface area contributed by atoms with Crippen LogP contribution in [0.3, 0.4) is 0 Å². The second-order valence-electron chi connectivity index (χ2n) is 6.52. The van der Waals surface area contributed by atoms with E-state index in [1.165, 1.54) is 6.21 Å². The number of anilines is 2. The molecule has 11 nitrogen and oxygen atoms in total. The lowest BCUT2D eigenvalue weighted by molar-refractivity contribution is -0.384. The first-order valence-electron chi connectivity index (χ1n) is 9.34. The summed E-state index contributed by atoms with van der Waals surface area (Å²) in [7, 11) is 0. The van der Waals surface area contributed by atoms with E-state index in [-0.39, 0.29) is 23.4 Å². The standard InChI is InChI=1S/C20H21N7O4/c1-4-31-19(28)14-5-7-16(8-6-14)26-12(2)9-15(13(26)3)10-23-25-18-17(27(29)30)11-22-20(21)24-18/h5-11H,4H2,1-3H3,(H3,21,22,24,25). The van der Waals surface area contributed by atoms with E-state index < -0.39 is 4.92 Å². The Balaban J connectivity index is 1.83. The lowest BCUT2D eigenvalue weighted by Gasteiger charge is -2.10. The SMILES string of the molecule is CCOC(=O)c1ccc(-n2c(C)cc(C=NNc3nc(N)ncc3[N+](=O)[O-])c2C)cc1. The van der Waals surface area contributed by atoms with Crippen molar-refractivity contribution in [3.63, 3.8) is 0 Å². The molecule has 0 aliphatic heterocycles. The molecule has 0 saturated heterocycles. The maximum Gasteiger partial charge on any atom is 0.338 e. The number of carbonyl (C=O) groups excluding carboxylic acids is 1. The van der Waals surface area contributed by atoms with Gasteiger partial charge in [-0.3, -0.25) is 15.5 Å². The van der Waals surface area contributed by atoms with Gasteiger partial charge in [0, 0.05) is 22.6 Å². The number of aryl methyl sites for hydroxylation is 1. The maximum atomic E-state index is 11.8. The molecule has 2 aromatic heterocycles. The molecule has 0 atom stereocenters. The molecule has 0 aliphatic rings. The second kappa shape index (κ2) is 9.03. The summed E-state index contributed by atoms with van der Waals surface area (Å²) in [5.74, 6) is -0.571. The molecule has 0 radical (unpaired) electrons. The molecule has 3 aromatic rings. The zero-order valence-corrected chi connectivity index (χ0v) is 17.2. The fraction of sp³-hybridized carbons (Fsp3) is 0.200. The Morgan fingerprint density at radius 2 is 2.06 bits per heavy atom. The molecule has 0 saturated carbocycles. The van der Waals surface area contributed by atoms with Crippen LogP contribution in [0, 0.1) is 24.0 Å². The van der Waals surface area contributed by atoms with Crippen LogP contribution in [-0.4, -0.2) is 38.2 Å². The molecule has 0 spiro atoms. The first-order chi connectivity index (χ1) is 14.8. The van der Waals surface area contributed by atoms with Crippen molar-refractivity contribution in [3.8, 4) is 5.69 Å². The van der Waals surface area contributed by atoms with E-state index >= 15 is 0 Å². The van der Waals surface area contributed by atoms with Gasteiger partial charge in [0.2, 0.25) is 11.8 Å². The molecule has 0 aliphatic carbocycles. The number of ether oxygens (including phenoxy) is 1. The quantitative estimate of drug-likeness (QED) is 0.255. The average Bonchev–Trinajstić information content (AvgIpc) is 3.01. The third-order valence-electron chi connectivity index (χ3n) is 4.47. The van der Waals surface area contributed by atoms with Crippen LogP contribution in [0.5, 0.6) is 0 Å². The van der Waals surface area contributed by atoms with Gasteiger partial charge in [-0.05, 0) is 51.1 Å². The first-order valence-corrected chi connectivity index (χ1v) is 9.34. The van der Waals surface area contributed by atoms with Gasteiger partial charge in [0.25, 0.3) is 0 Å². The molecule has 160 valence electrons. The number of hydrazone groups is 1. The third kappa shape index (κ3) is 4.66. The van der Waals surface area contributed by atoms with Crippen LogP contribution in [-0.2, 0) is 4.74 Å². The number of nitro groups is 1. The van der Waals surface area contributed by atoms with Crippen molar-refractivity contribution in [1.29, 1.82) is 0 Å². The Morgan fingerprint density at radius 3 is 2.71 bits per heavy atom. The highest BCUT2D eigenvalue weighted by Gasteiger charge is 2.16. The highest BCUT2D eigenvalue weighted by Crippen LogP contribution is 2.22. The summed E-state index contributed by atoms with van der Waals surface area (Å²) in [4.78, 5) is 29.7. The maximum absolute atomic E-state index is 11.8. The number of hydrogen-bond donors (Lipinski definition) is 2. The van der Waals surface area contributed by atoms with Gasteiger partial charge in [0.1, 0.15) is 6.20 Å². The minimum absolute atomic E-state index is 0.0999. The third-order valence-corrected chi connectivity index (χ3v) is 4.47. The van der Waals surface area contributed by atoms with Crippen molar-refractivity contribution in [2.75, 3.05) is 17.8 Å². The minimum atomic E-state index is -0.622. The molecule has 3 N–H and O–H groups in total. The Kier molecular flexibility index (Phi) is 6.24. The largest absolute Gasteiger partial charge is 0.462 e. The van der Waals surface area contributed by atoms with E-state index in [4.69, 9.17) is 10.5 Å². The Morgan fingerprint density at radius 1 is 1.35 bits per heavy atom. The van der Waals surface area contributed by atoms with Crippen LogP contribution in [0.25, 0.3) is 5.69 Å². The van der Waals surface area contributed by atoms with E-state index in [1.807, 2.05) is 36.6 Å². The van der Waals surface area contributed by atoms with E-state index in [0.717, 1.165) is 28.8 Å². The number of nitrogens with one attached hydrogen (secondary N) is 1. The molecule has 3 rings (SSSR count). The number of rotatable bonds is 7. The molecule has 2 heterocycles. The van der Waals surface area contributed by atoms with Crippen molar-refractivity contribution in [3.05, 3.63) is 69.2 Å². The van der Waals surface area contributed by atoms with Gasteiger partial charge in [-0.25, -0.2) is 9.78 Å². The number of esters is 1. The number of carbonyl (C=O) groups is 1. The van der Waals surface area contributed by atoms with Crippen LogP contribution in [0.1, 0.15) is 34.2 Å². The minimum Gasteiger partial charge on any atom is -0.462 e. The second-order valence-corrected chi connectivity index (χ2v) is 6.52. The first kappa shape index (κ1) is 21.4. The molecular weight excluding hydrogens is 402 g/mol.